The number of nitrogens with zero attached hydrogens (tertiary/aromatic N) is 3. The largest absolute Gasteiger partial charge is 0.305 e. The molecule has 0 saturated carbocycles. The van der Waals surface area contributed by atoms with Gasteiger partial charge in [0.15, 0.2) is 0 Å². The summed E-state index contributed by atoms with van der Waals surface area (Å²) < 4.78 is 0. The Kier molecular flexibility index (Phi) is 6.07. The summed E-state index contributed by atoms with van der Waals surface area (Å²) in [5.41, 5.74) is -0.394. The van der Waals surface area contributed by atoms with E-state index < -0.39 is 5.54 Å². The van der Waals surface area contributed by atoms with Gasteiger partial charge in [0, 0.05) is 19.1 Å². The lowest BCUT2D eigenvalue weighted by Gasteiger charge is -2.29. The lowest BCUT2D eigenvalue weighted by atomic mass is 10.00. The third-order valence-corrected chi connectivity index (χ3v) is 4.22. The van der Waals surface area contributed by atoms with E-state index in [1.807, 2.05) is 14.0 Å². The topological polar surface area (TPSA) is 42.3 Å². The molecule has 0 aromatic carbocycles. The van der Waals surface area contributed by atoms with Gasteiger partial charge in [-0.05, 0) is 53.4 Å². The molecule has 0 bridgehead atoms. The lowest BCUT2D eigenvalue weighted by Crippen LogP contribution is -2.43. The molecule has 4 nitrogen and oxygen atoms in total. The fourth-order valence-corrected chi connectivity index (χ4v) is 2.62. The van der Waals surface area contributed by atoms with Gasteiger partial charge in [0.05, 0.1) is 6.07 Å². The summed E-state index contributed by atoms with van der Waals surface area (Å²) in [6, 6.07) is 3.06. The molecule has 1 fully saturated rings. The van der Waals surface area contributed by atoms with Gasteiger partial charge in [-0.15, -0.1) is 0 Å². The van der Waals surface area contributed by atoms with Crippen LogP contribution in [0.3, 0.4) is 0 Å². The number of likely N-dealkylation sites (N-methyl/N-ethyl adjacent to an activating group) is 2. The minimum Gasteiger partial charge on any atom is -0.305 e. The molecule has 0 aliphatic carbocycles. The first-order valence-electron chi connectivity index (χ1n) is 7.07. The summed E-state index contributed by atoms with van der Waals surface area (Å²) in [6.45, 7) is 8.71. The molecule has 4 heteroatoms. The van der Waals surface area contributed by atoms with Crippen molar-refractivity contribution < 1.29 is 0 Å². The van der Waals surface area contributed by atoms with Gasteiger partial charge in [-0.1, -0.05) is 6.92 Å². The molecule has 18 heavy (non-hydrogen) atoms. The first-order chi connectivity index (χ1) is 8.54. The minimum atomic E-state index is -0.394. The highest BCUT2D eigenvalue weighted by Crippen LogP contribution is 2.17. The first kappa shape index (κ1) is 15.4. The molecule has 2 unspecified atom stereocenters. The summed E-state index contributed by atoms with van der Waals surface area (Å²) in [6.07, 6.45) is 3.52. The molecule has 1 aliphatic rings. The van der Waals surface area contributed by atoms with E-state index in [4.69, 9.17) is 5.26 Å². The first-order valence-corrected chi connectivity index (χ1v) is 7.07. The zero-order valence-electron chi connectivity index (χ0n) is 12.4. The average molecular weight is 252 g/mol. The molecule has 1 saturated heterocycles. The van der Waals surface area contributed by atoms with Crippen LogP contribution in [0.5, 0.6) is 0 Å². The van der Waals surface area contributed by atoms with E-state index in [0.717, 1.165) is 26.1 Å². The molecule has 0 aromatic rings. The van der Waals surface area contributed by atoms with Gasteiger partial charge in [-0.2, -0.15) is 5.26 Å². The Morgan fingerprint density at radius 1 is 1.56 bits per heavy atom. The van der Waals surface area contributed by atoms with Crippen molar-refractivity contribution in [1.29, 1.82) is 5.26 Å². The highest BCUT2D eigenvalue weighted by molar-refractivity contribution is 5.03. The predicted octanol–water partition coefficient (Wildman–Crippen LogP) is 1.29. The van der Waals surface area contributed by atoms with E-state index >= 15 is 0 Å². The van der Waals surface area contributed by atoms with E-state index in [-0.39, 0.29) is 0 Å². The number of hydrogen-bond donors (Lipinski definition) is 1. The maximum Gasteiger partial charge on any atom is 0.104 e. The Hall–Kier alpha value is -0.630. The zero-order valence-corrected chi connectivity index (χ0v) is 12.4. The maximum absolute atomic E-state index is 9.12. The Bertz CT molecular complexity index is 286. The number of nitrogens with one attached hydrogen (secondary N) is 1. The average Bonchev–Trinajstić information content (AvgIpc) is 2.83. The Balaban J connectivity index is 2.33. The fraction of sp³-hybridized carbons (Fsp3) is 0.929. The molecule has 0 amide bonds. The number of hydrogen-bond acceptors (Lipinski definition) is 4. The van der Waals surface area contributed by atoms with Crippen LogP contribution >= 0.6 is 0 Å². The molecular formula is C14H28N4. The molecule has 1 rings (SSSR count). The zero-order chi connectivity index (χ0) is 13.6. The molecule has 0 aromatic heterocycles. The Morgan fingerprint density at radius 2 is 2.28 bits per heavy atom. The van der Waals surface area contributed by atoms with Crippen LogP contribution in [0.15, 0.2) is 0 Å². The summed E-state index contributed by atoms with van der Waals surface area (Å²) in [5.74, 6) is 0. The van der Waals surface area contributed by atoms with Gasteiger partial charge >= 0.3 is 0 Å². The van der Waals surface area contributed by atoms with Crippen LogP contribution in [0.4, 0.5) is 0 Å². The van der Waals surface area contributed by atoms with E-state index in [2.05, 4.69) is 35.2 Å². The number of nitriles is 1. The van der Waals surface area contributed by atoms with Gasteiger partial charge in [-0.25, -0.2) is 0 Å². The normalized spacial score (nSPS) is 24.1. The molecule has 104 valence electrons. The monoisotopic (exact) mass is 252 g/mol. The van der Waals surface area contributed by atoms with Crippen LogP contribution in [0.2, 0.25) is 0 Å². The van der Waals surface area contributed by atoms with Crippen LogP contribution < -0.4 is 5.32 Å². The number of rotatable bonds is 7. The van der Waals surface area contributed by atoms with E-state index in [1.54, 1.807) is 0 Å². The van der Waals surface area contributed by atoms with Crippen molar-refractivity contribution in [2.75, 3.05) is 40.3 Å². The van der Waals surface area contributed by atoms with E-state index in [0.29, 0.717) is 6.04 Å². The quantitative estimate of drug-likeness (QED) is 0.741. The summed E-state index contributed by atoms with van der Waals surface area (Å²) in [7, 11) is 4.03. The van der Waals surface area contributed by atoms with Crippen molar-refractivity contribution >= 4 is 0 Å². The third-order valence-electron chi connectivity index (χ3n) is 4.22. The van der Waals surface area contributed by atoms with Crippen molar-refractivity contribution in [2.24, 2.45) is 0 Å². The van der Waals surface area contributed by atoms with Crippen LogP contribution in [0.1, 0.15) is 33.1 Å². The van der Waals surface area contributed by atoms with E-state index in [1.165, 1.54) is 19.4 Å². The fourth-order valence-electron chi connectivity index (χ4n) is 2.62. The predicted molar refractivity (Wildman–Crippen MR) is 75.5 cm³/mol. The second-order valence-corrected chi connectivity index (χ2v) is 5.63. The molecule has 0 spiro atoms. The van der Waals surface area contributed by atoms with Crippen molar-refractivity contribution in [2.45, 2.75) is 44.7 Å². The van der Waals surface area contributed by atoms with Crippen LogP contribution in [-0.2, 0) is 0 Å². The molecule has 0 radical (unpaired) electrons. The minimum absolute atomic E-state index is 0.394. The summed E-state index contributed by atoms with van der Waals surface area (Å²) in [4.78, 5) is 4.93. The van der Waals surface area contributed by atoms with E-state index in [9.17, 15) is 0 Å². The lowest BCUT2D eigenvalue weighted by molar-refractivity contribution is 0.191. The van der Waals surface area contributed by atoms with Crippen molar-refractivity contribution in [1.82, 2.24) is 15.1 Å². The molecule has 2 atom stereocenters. The highest BCUT2D eigenvalue weighted by Gasteiger charge is 2.25. The molecule has 1 N–H and O–H groups in total. The van der Waals surface area contributed by atoms with Crippen LogP contribution in [-0.4, -0.2) is 61.7 Å². The van der Waals surface area contributed by atoms with Crippen molar-refractivity contribution in [3.63, 3.8) is 0 Å². The second-order valence-electron chi connectivity index (χ2n) is 5.63. The summed E-state index contributed by atoms with van der Waals surface area (Å²) >= 11 is 0. The molecular weight excluding hydrogens is 224 g/mol. The smallest absolute Gasteiger partial charge is 0.104 e. The van der Waals surface area contributed by atoms with Gasteiger partial charge in [0.1, 0.15) is 5.54 Å². The van der Waals surface area contributed by atoms with Crippen LogP contribution in [0, 0.1) is 11.3 Å². The second kappa shape index (κ2) is 7.08. The van der Waals surface area contributed by atoms with Crippen molar-refractivity contribution in [3.05, 3.63) is 0 Å². The summed E-state index contributed by atoms with van der Waals surface area (Å²) in [5, 5.41) is 12.2. The standard InChI is InChI=1S/C14H28N4/c1-5-18-9-6-7-13(18)11-17(4)10-8-14(2,12-15)16-3/h13,16H,5-11H2,1-4H3. The molecule has 1 aliphatic heterocycles. The van der Waals surface area contributed by atoms with Crippen LogP contribution in [0.25, 0.3) is 0 Å². The van der Waals surface area contributed by atoms with Gasteiger partial charge in [0.2, 0.25) is 0 Å². The van der Waals surface area contributed by atoms with Crippen molar-refractivity contribution in [3.8, 4) is 6.07 Å². The Labute approximate surface area is 112 Å². The molecule has 1 heterocycles. The van der Waals surface area contributed by atoms with Gasteiger partial charge < -0.3 is 10.2 Å². The van der Waals surface area contributed by atoms with Gasteiger partial charge in [-0.3, -0.25) is 4.90 Å². The maximum atomic E-state index is 9.12. The third kappa shape index (κ3) is 4.24. The van der Waals surface area contributed by atoms with Gasteiger partial charge in [0.25, 0.3) is 0 Å². The number of likely N-dealkylation sites (tertiary alicyclic amines) is 1. The SMILES string of the molecule is CCN1CCCC1CN(C)CCC(C)(C#N)NC. The highest BCUT2D eigenvalue weighted by atomic mass is 15.2. The Morgan fingerprint density at radius 3 is 2.83 bits per heavy atom.